The topological polar surface area (TPSA) is 8.17 Å². The molecule has 0 aliphatic heterocycles. The zero-order valence-corrected chi connectivity index (χ0v) is 34.2. The van der Waals surface area contributed by atoms with E-state index in [-0.39, 0.29) is 5.41 Å². The van der Waals surface area contributed by atoms with E-state index in [1.54, 1.807) is 0 Å². The summed E-state index contributed by atoms with van der Waals surface area (Å²) in [5.41, 5.74) is 17.2. The Balaban J connectivity index is 0.935. The van der Waals surface area contributed by atoms with Crippen molar-refractivity contribution in [1.29, 1.82) is 0 Å². The third-order valence-corrected chi connectivity index (χ3v) is 13.9. The van der Waals surface area contributed by atoms with Crippen LogP contribution in [0.3, 0.4) is 0 Å². The van der Waals surface area contributed by atoms with E-state index in [1.807, 2.05) is 11.3 Å². The van der Waals surface area contributed by atoms with Gasteiger partial charge in [-0.2, -0.15) is 0 Å². The molecule has 0 spiro atoms. The molecule has 12 rings (SSSR count). The summed E-state index contributed by atoms with van der Waals surface area (Å²) < 4.78 is 5.07. The van der Waals surface area contributed by atoms with Crippen LogP contribution >= 0.6 is 11.3 Å². The number of thiophene rings is 1. The van der Waals surface area contributed by atoms with Crippen LogP contribution in [0.1, 0.15) is 25.0 Å². The zero-order valence-electron chi connectivity index (χ0n) is 33.4. The normalized spacial score (nSPS) is 13.0. The molecule has 1 aliphatic rings. The van der Waals surface area contributed by atoms with Crippen LogP contribution in [0.4, 0.5) is 17.1 Å². The number of aromatic nitrogens is 1. The van der Waals surface area contributed by atoms with Gasteiger partial charge in [0.05, 0.1) is 11.0 Å². The van der Waals surface area contributed by atoms with Crippen LogP contribution in [-0.4, -0.2) is 4.57 Å². The van der Waals surface area contributed by atoms with E-state index in [9.17, 15) is 0 Å². The van der Waals surface area contributed by atoms with Crippen molar-refractivity contribution in [3.63, 3.8) is 0 Å². The minimum atomic E-state index is -0.0382. The molecule has 0 saturated heterocycles. The Bertz CT molecular complexity index is 3480. The average molecular weight is 785 g/mol. The fraction of sp³-hybridized carbons (Fsp3) is 0.0526. The lowest BCUT2D eigenvalue weighted by atomic mass is 9.82. The van der Waals surface area contributed by atoms with E-state index in [2.05, 4.69) is 230 Å². The molecule has 0 amide bonds. The van der Waals surface area contributed by atoms with Crippen LogP contribution in [0.5, 0.6) is 0 Å². The summed E-state index contributed by atoms with van der Waals surface area (Å²) in [6, 6.07) is 76.1. The van der Waals surface area contributed by atoms with Gasteiger partial charge in [-0.25, -0.2) is 0 Å². The van der Waals surface area contributed by atoms with E-state index in [1.165, 1.54) is 92.2 Å². The number of rotatable bonds is 6. The zero-order chi connectivity index (χ0) is 40.0. The maximum absolute atomic E-state index is 2.43. The van der Waals surface area contributed by atoms with Gasteiger partial charge in [-0.1, -0.05) is 141 Å². The van der Waals surface area contributed by atoms with Gasteiger partial charge in [0, 0.05) is 59.1 Å². The molecule has 2 heterocycles. The van der Waals surface area contributed by atoms with Crippen molar-refractivity contribution in [2.45, 2.75) is 19.3 Å². The first-order chi connectivity index (χ1) is 29.5. The number of nitrogens with zero attached hydrogens (tertiary/aromatic N) is 2. The minimum Gasteiger partial charge on any atom is -0.310 e. The van der Waals surface area contributed by atoms with Crippen LogP contribution in [0.25, 0.3) is 81.0 Å². The van der Waals surface area contributed by atoms with Crippen molar-refractivity contribution >= 4 is 70.4 Å². The molecule has 9 aromatic carbocycles. The average Bonchev–Trinajstić information content (AvgIpc) is 3.91. The Hall–Kier alpha value is -7.20. The van der Waals surface area contributed by atoms with Gasteiger partial charge in [0.2, 0.25) is 0 Å². The molecule has 0 fully saturated rings. The molecule has 0 atom stereocenters. The van der Waals surface area contributed by atoms with E-state index >= 15 is 0 Å². The van der Waals surface area contributed by atoms with Gasteiger partial charge in [0.1, 0.15) is 0 Å². The molecular formula is C57H40N2S. The van der Waals surface area contributed by atoms with Crippen molar-refractivity contribution in [1.82, 2.24) is 4.57 Å². The molecule has 0 radical (unpaired) electrons. The SMILES string of the molecule is CC1(C)c2ccccc2-c2cc(N(c3ccccc3)c3cccc(-c4cccc(-c5ccc6c(c5)c5ccccc5n6-c5ccc6c(c5)sc5ccccc56)c4)c3)ccc21. The molecule has 0 bridgehead atoms. The summed E-state index contributed by atoms with van der Waals surface area (Å²) in [6.45, 7) is 4.68. The fourth-order valence-electron chi connectivity index (χ4n) is 9.86. The Morgan fingerprint density at radius 3 is 1.88 bits per heavy atom. The van der Waals surface area contributed by atoms with Crippen LogP contribution < -0.4 is 4.90 Å². The largest absolute Gasteiger partial charge is 0.310 e. The molecule has 0 unspecified atom stereocenters. The number of fused-ring (bicyclic) bond motifs is 9. The maximum Gasteiger partial charge on any atom is 0.0541 e. The maximum atomic E-state index is 2.43. The summed E-state index contributed by atoms with van der Waals surface area (Å²) >= 11 is 1.87. The lowest BCUT2D eigenvalue weighted by Gasteiger charge is -2.27. The predicted molar refractivity (Wildman–Crippen MR) is 257 cm³/mol. The summed E-state index contributed by atoms with van der Waals surface area (Å²) in [5.74, 6) is 0. The van der Waals surface area contributed by atoms with Gasteiger partial charge < -0.3 is 9.47 Å². The Morgan fingerprint density at radius 2 is 1.02 bits per heavy atom. The number of benzene rings is 9. The van der Waals surface area contributed by atoms with Gasteiger partial charge in [-0.3, -0.25) is 0 Å². The summed E-state index contributed by atoms with van der Waals surface area (Å²) in [5, 5.41) is 5.16. The van der Waals surface area contributed by atoms with Crippen molar-refractivity contribution in [2.75, 3.05) is 4.90 Å². The number of anilines is 3. The quantitative estimate of drug-likeness (QED) is 0.163. The molecule has 1 aliphatic carbocycles. The first kappa shape index (κ1) is 34.8. The predicted octanol–water partition coefficient (Wildman–Crippen LogP) is 16.3. The molecule has 2 aromatic heterocycles. The van der Waals surface area contributed by atoms with Crippen LogP contribution in [-0.2, 0) is 5.41 Å². The van der Waals surface area contributed by atoms with Crippen LogP contribution in [0.15, 0.2) is 206 Å². The fourth-order valence-corrected chi connectivity index (χ4v) is 11.0. The Labute approximate surface area is 353 Å². The third kappa shape index (κ3) is 5.40. The van der Waals surface area contributed by atoms with Crippen molar-refractivity contribution in [2.24, 2.45) is 0 Å². The van der Waals surface area contributed by atoms with E-state index in [0.29, 0.717) is 0 Å². The summed E-state index contributed by atoms with van der Waals surface area (Å²) in [7, 11) is 0. The third-order valence-electron chi connectivity index (χ3n) is 12.8. The summed E-state index contributed by atoms with van der Waals surface area (Å²) in [4.78, 5) is 2.39. The smallest absolute Gasteiger partial charge is 0.0541 e. The summed E-state index contributed by atoms with van der Waals surface area (Å²) in [6.07, 6.45) is 0. The first-order valence-corrected chi connectivity index (χ1v) is 21.6. The second kappa shape index (κ2) is 13.4. The monoisotopic (exact) mass is 784 g/mol. The van der Waals surface area contributed by atoms with Gasteiger partial charge >= 0.3 is 0 Å². The van der Waals surface area contributed by atoms with Gasteiger partial charge in [-0.15, -0.1) is 11.3 Å². The van der Waals surface area contributed by atoms with E-state index in [4.69, 9.17) is 0 Å². The lowest BCUT2D eigenvalue weighted by molar-refractivity contribution is 0.660. The first-order valence-electron chi connectivity index (χ1n) is 20.7. The van der Waals surface area contributed by atoms with Gasteiger partial charge in [0.25, 0.3) is 0 Å². The second-order valence-electron chi connectivity index (χ2n) is 16.6. The van der Waals surface area contributed by atoms with Crippen LogP contribution in [0.2, 0.25) is 0 Å². The molecule has 60 heavy (non-hydrogen) atoms. The molecular weight excluding hydrogens is 745 g/mol. The van der Waals surface area contributed by atoms with Crippen molar-refractivity contribution in [3.05, 3.63) is 217 Å². The van der Waals surface area contributed by atoms with E-state index in [0.717, 1.165) is 17.1 Å². The Morgan fingerprint density at radius 1 is 0.383 bits per heavy atom. The Kier molecular flexibility index (Phi) is 7.79. The minimum absolute atomic E-state index is 0.0382. The van der Waals surface area contributed by atoms with Crippen molar-refractivity contribution < 1.29 is 0 Å². The highest BCUT2D eigenvalue weighted by molar-refractivity contribution is 7.25. The highest BCUT2D eigenvalue weighted by Crippen LogP contribution is 2.51. The molecule has 0 N–H and O–H groups in total. The lowest BCUT2D eigenvalue weighted by Crippen LogP contribution is -2.15. The van der Waals surface area contributed by atoms with Crippen molar-refractivity contribution in [3.8, 4) is 39.1 Å². The number of para-hydroxylation sites is 2. The molecule has 2 nitrogen and oxygen atoms in total. The highest BCUT2D eigenvalue weighted by Gasteiger charge is 2.35. The molecule has 0 saturated carbocycles. The number of hydrogen-bond donors (Lipinski definition) is 0. The standard InChI is InChI=1S/C57H40N2S/c1-57(2)51-23-9-6-20-45(51)49-35-43(28-30-52(49)57)58(41-17-4-3-5-18-41)42-19-13-16-39(33-42)37-14-12-15-38(32-37)40-26-31-54-50(34-40)46-21-7-10-24-53(46)59(54)44-27-29-48-47-22-8-11-25-55(47)60-56(48)36-44/h3-36H,1-2H3. The highest BCUT2D eigenvalue weighted by atomic mass is 32.1. The van der Waals surface area contributed by atoms with E-state index < -0.39 is 0 Å². The molecule has 284 valence electrons. The van der Waals surface area contributed by atoms with Gasteiger partial charge in [-0.05, 0) is 123 Å². The molecule has 3 heteroatoms. The second-order valence-corrected chi connectivity index (χ2v) is 17.6. The van der Waals surface area contributed by atoms with Gasteiger partial charge in [0.15, 0.2) is 0 Å². The number of hydrogen-bond acceptors (Lipinski definition) is 2. The van der Waals surface area contributed by atoms with Crippen LogP contribution in [0, 0.1) is 0 Å². The molecule has 11 aromatic rings.